The highest BCUT2D eigenvalue weighted by Crippen LogP contribution is 2.33. The zero-order valence-corrected chi connectivity index (χ0v) is 12.4. The summed E-state index contributed by atoms with van der Waals surface area (Å²) < 4.78 is 24.9. The van der Waals surface area contributed by atoms with E-state index in [4.69, 9.17) is 29.0 Å². The lowest BCUT2D eigenvalue weighted by molar-refractivity contribution is -0.119. The minimum Gasteiger partial charge on any atom is -0.293 e. The van der Waals surface area contributed by atoms with Gasteiger partial charge in [-0.05, 0) is 19.1 Å². The van der Waals surface area contributed by atoms with Crippen molar-refractivity contribution in [3.05, 3.63) is 28.2 Å². The van der Waals surface area contributed by atoms with Crippen molar-refractivity contribution in [2.75, 3.05) is 16.6 Å². The van der Waals surface area contributed by atoms with E-state index in [0.29, 0.717) is 0 Å². The number of nitrogens with two attached hydrogens (primary N) is 1. The molecule has 0 aromatic heterocycles. The zero-order valence-electron chi connectivity index (χ0n) is 10.1. The molecule has 9 heteroatoms. The molecule has 0 unspecified atom stereocenters. The van der Waals surface area contributed by atoms with Gasteiger partial charge < -0.3 is 0 Å². The van der Waals surface area contributed by atoms with Crippen LogP contribution in [0.15, 0.2) is 18.2 Å². The highest BCUT2D eigenvalue weighted by atomic mass is 35.5. The number of hydrogen-bond donors (Lipinski definition) is 2. The van der Waals surface area contributed by atoms with Gasteiger partial charge in [0.15, 0.2) is 0 Å². The molecule has 0 bridgehead atoms. The Morgan fingerprint density at radius 1 is 1.42 bits per heavy atom. The predicted octanol–water partition coefficient (Wildman–Crippen LogP) is 1.14. The molecule has 19 heavy (non-hydrogen) atoms. The summed E-state index contributed by atoms with van der Waals surface area (Å²) in [4.78, 5) is 11.3. The molecule has 0 fully saturated rings. The van der Waals surface area contributed by atoms with Crippen LogP contribution >= 0.6 is 23.2 Å². The maximum Gasteiger partial charge on any atom is 0.254 e. The van der Waals surface area contributed by atoms with Crippen LogP contribution in [0.5, 0.6) is 0 Å². The number of benzene rings is 1. The van der Waals surface area contributed by atoms with Crippen LogP contribution in [-0.2, 0) is 14.8 Å². The standard InChI is InChI=1S/C10H13Cl2N3O3S/c1-2-19(17,18)15(6-9(16)14-13)8-5-3-4-7(11)10(8)12/h3-5H,2,6,13H2,1H3,(H,14,16). The maximum atomic E-state index is 12.0. The molecule has 0 aliphatic heterocycles. The molecule has 0 heterocycles. The van der Waals surface area contributed by atoms with Gasteiger partial charge in [0.1, 0.15) is 6.54 Å². The first-order valence-corrected chi connectivity index (χ1v) is 7.63. The number of carbonyl (C=O) groups is 1. The van der Waals surface area contributed by atoms with Gasteiger partial charge in [-0.3, -0.25) is 14.5 Å². The van der Waals surface area contributed by atoms with Crippen LogP contribution in [0, 0.1) is 0 Å². The van der Waals surface area contributed by atoms with Crippen LogP contribution in [0.1, 0.15) is 6.92 Å². The monoisotopic (exact) mass is 325 g/mol. The molecule has 0 atom stereocenters. The molecule has 3 N–H and O–H groups in total. The molecule has 0 spiro atoms. The van der Waals surface area contributed by atoms with Gasteiger partial charge >= 0.3 is 0 Å². The van der Waals surface area contributed by atoms with Crippen molar-refractivity contribution in [1.82, 2.24) is 5.43 Å². The average molecular weight is 326 g/mol. The van der Waals surface area contributed by atoms with Crippen LogP contribution in [0.25, 0.3) is 0 Å². The van der Waals surface area contributed by atoms with Gasteiger partial charge in [0.25, 0.3) is 5.91 Å². The first-order chi connectivity index (χ1) is 8.83. The first kappa shape index (κ1) is 16.0. The molecule has 6 nitrogen and oxygen atoms in total. The Morgan fingerprint density at radius 2 is 2.05 bits per heavy atom. The van der Waals surface area contributed by atoms with E-state index in [2.05, 4.69) is 0 Å². The topological polar surface area (TPSA) is 92.5 Å². The number of anilines is 1. The lowest BCUT2D eigenvalue weighted by Crippen LogP contribution is -2.43. The first-order valence-electron chi connectivity index (χ1n) is 5.27. The van der Waals surface area contributed by atoms with Crippen molar-refractivity contribution in [3.63, 3.8) is 0 Å². The molecule has 1 amide bonds. The normalized spacial score (nSPS) is 11.2. The summed E-state index contributed by atoms with van der Waals surface area (Å²) in [6.07, 6.45) is 0. The number of hydrazine groups is 1. The van der Waals surface area contributed by atoms with E-state index in [-0.39, 0.29) is 21.5 Å². The molecule has 0 aliphatic rings. The van der Waals surface area contributed by atoms with Gasteiger partial charge in [-0.15, -0.1) is 0 Å². The number of rotatable bonds is 5. The van der Waals surface area contributed by atoms with E-state index in [1.165, 1.54) is 19.1 Å². The Morgan fingerprint density at radius 3 is 2.58 bits per heavy atom. The predicted molar refractivity (Wildman–Crippen MR) is 75.6 cm³/mol. The fourth-order valence-electron chi connectivity index (χ4n) is 1.35. The second-order valence-electron chi connectivity index (χ2n) is 3.55. The van der Waals surface area contributed by atoms with E-state index >= 15 is 0 Å². The average Bonchev–Trinajstić information content (AvgIpc) is 2.39. The highest BCUT2D eigenvalue weighted by Gasteiger charge is 2.25. The number of carbonyl (C=O) groups excluding carboxylic acids is 1. The van der Waals surface area contributed by atoms with Gasteiger partial charge in [0.2, 0.25) is 10.0 Å². The van der Waals surface area contributed by atoms with Gasteiger partial charge in [-0.2, -0.15) is 0 Å². The molecule has 0 saturated heterocycles. The van der Waals surface area contributed by atoms with Crippen molar-refractivity contribution in [1.29, 1.82) is 0 Å². The third-order valence-corrected chi connectivity index (χ3v) is 4.88. The zero-order chi connectivity index (χ0) is 14.6. The molecular formula is C10H13Cl2N3O3S. The Kier molecular flexibility index (Phi) is 5.42. The largest absolute Gasteiger partial charge is 0.293 e. The molecule has 0 radical (unpaired) electrons. The summed E-state index contributed by atoms with van der Waals surface area (Å²) in [5.41, 5.74) is 2.01. The van der Waals surface area contributed by atoms with E-state index in [1.807, 2.05) is 5.43 Å². The van der Waals surface area contributed by atoms with E-state index in [1.54, 1.807) is 6.07 Å². The van der Waals surface area contributed by atoms with Gasteiger partial charge in [-0.1, -0.05) is 29.3 Å². The molecule has 0 aliphatic carbocycles. The lowest BCUT2D eigenvalue weighted by atomic mass is 10.3. The smallest absolute Gasteiger partial charge is 0.254 e. The van der Waals surface area contributed by atoms with Crippen LogP contribution in [0.4, 0.5) is 5.69 Å². The van der Waals surface area contributed by atoms with Gasteiger partial charge in [0.05, 0.1) is 21.5 Å². The second kappa shape index (κ2) is 6.42. The van der Waals surface area contributed by atoms with Crippen LogP contribution < -0.4 is 15.6 Å². The van der Waals surface area contributed by atoms with Crippen molar-refractivity contribution in [3.8, 4) is 0 Å². The number of amides is 1. The van der Waals surface area contributed by atoms with Crippen molar-refractivity contribution in [2.24, 2.45) is 5.84 Å². The Balaban J connectivity index is 3.31. The summed E-state index contributed by atoms with van der Waals surface area (Å²) in [7, 11) is -3.68. The van der Waals surface area contributed by atoms with Crippen LogP contribution in [0.3, 0.4) is 0 Å². The number of nitrogens with zero attached hydrogens (tertiary/aromatic N) is 1. The minimum atomic E-state index is -3.68. The third-order valence-electron chi connectivity index (χ3n) is 2.35. The molecule has 0 saturated carbocycles. The van der Waals surface area contributed by atoms with E-state index in [0.717, 1.165) is 4.31 Å². The summed E-state index contributed by atoms with van der Waals surface area (Å²) in [5.74, 6) is 4.13. The number of hydrogen-bond acceptors (Lipinski definition) is 4. The number of halogens is 2. The molecule has 106 valence electrons. The van der Waals surface area contributed by atoms with Crippen molar-refractivity contribution >= 4 is 44.8 Å². The SMILES string of the molecule is CCS(=O)(=O)N(CC(=O)NN)c1cccc(Cl)c1Cl. The highest BCUT2D eigenvalue weighted by molar-refractivity contribution is 7.92. The summed E-state index contributed by atoms with van der Waals surface area (Å²) in [5, 5.41) is 0.259. The summed E-state index contributed by atoms with van der Waals surface area (Å²) in [6, 6.07) is 4.53. The maximum absolute atomic E-state index is 12.0. The Labute approximate surface area is 121 Å². The quantitative estimate of drug-likeness (QED) is 0.482. The molecule has 1 aromatic carbocycles. The minimum absolute atomic E-state index is 0.0611. The Bertz CT molecular complexity index is 577. The molecule has 1 rings (SSSR count). The molecular weight excluding hydrogens is 313 g/mol. The van der Waals surface area contributed by atoms with E-state index < -0.39 is 22.5 Å². The lowest BCUT2D eigenvalue weighted by Gasteiger charge is -2.24. The third kappa shape index (κ3) is 3.73. The van der Waals surface area contributed by atoms with Crippen molar-refractivity contribution < 1.29 is 13.2 Å². The van der Waals surface area contributed by atoms with Crippen LogP contribution in [-0.4, -0.2) is 26.6 Å². The summed E-state index contributed by atoms with van der Waals surface area (Å²) >= 11 is 11.8. The fourth-order valence-corrected chi connectivity index (χ4v) is 2.88. The Hall–Kier alpha value is -1.02. The fraction of sp³-hybridized carbons (Fsp3) is 0.300. The van der Waals surface area contributed by atoms with Gasteiger partial charge in [-0.25, -0.2) is 14.3 Å². The van der Waals surface area contributed by atoms with Crippen LogP contribution in [0.2, 0.25) is 10.0 Å². The van der Waals surface area contributed by atoms with Crippen molar-refractivity contribution in [2.45, 2.75) is 6.92 Å². The van der Waals surface area contributed by atoms with E-state index in [9.17, 15) is 13.2 Å². The number of sulfonamides is 1. The van der Waals surface area contributed by atoms with Gasteiger partial charge in [0, 0.05) is 0 Å². The molecule has 1 aromatic rings. The number of nitrogens with one attached hydrogen (secondary N) is 1. The summed E-state index contributed by atoms with van der Waals surface area (Å²) in [6.45, 7) is 0.994. The second-order valence-corrected chi connectivity index (χ2v) is 6.51.